The lowest BCUT2D eigenvalue weighted by atomic mass is 9.79. The summed E-state index contributed by atoms with van der Waals surface area (Å²) in [5.74, 6) is -1.39. The molecule has 0 atom stereocenters. The van der Waals surface area contributed by atoms with E-state index in [1.807, 2.05) is 30.3 Å². The molecule has 0 bridgehead atoms. The highest BCUT2D eigenvalue weighted by Gasteiger charge is 2.44. The highest BCUT2D eigenvalue weighted by atomic mass is 19.1. The van der Waals surface area contributed by atoms with E-state index in [9.17, 15) is 14.0 Å². The first-order valence-corrected chi connectivity index (χ1v) is 8.66. The topological polar surface area (TPSA) is 52.6 Å². The van der Waals surface area contributed by atoms with Crippen molar-refractivity contribution >= 4 is 11.8 Å². The molecule has 0 saturated heterocycles. The normalized spacial score (nSPS) is 15.5. The molecule has 0 radical (unpaired) electrons. The van der Waals surface area contributed by atoms with Gasteiger partial charge in [-0.3, -0.25) is 9.59 Å². The number of methoxy groups -OCH3 is 1. The Morgan fingerprint density at radius 1 is 1.08 bits per heavy atom. The summed E-state index contributed by atoms with van der Waals surface area (Å²) in [5, 5.41) is 0. The van der Waals surface area contributed by atoms with Gasteiger partial charge in [0.2, 0.25) is 0 Å². The smallest absolute Gasteiger partial charge is 0.317 e. The van der Waals surface area contributed by atoms with Crippen molar-refractivity contribution in [3.05, 3.63) is 65.5 Å². The molecule has 1 aliphatic rings. The maximum absolute atomic E-state index is 13.8. The van der Waals surface area contributed by atoms with Gasteiger partial charge in [-0.15, -0.1) is 0 Å². The van der Waals surface area contributed by atoms with Gasteiger partial charge in [0.05, 0.1) is 12.5 Å². The van der Waals surface area contributed by atoms with Gasteiger partial charge in [0.1, 0.15) is 0 Å². The van der Waals surface area contributed by atoms with E-state index in [0.717, 1.165) is 24.5 Å². The number of carbonyl (C=O) groups is 2. The molecule has 2 aromatic rings. The van der Waals surface area contributed by atoms with Gasteiger partial charge in [-0.05, 0) is 36.6 Å². The number of benzene rings is 2. The zero-order chi connectivity index (χ0) is 18.6. The first-order chi connectivity index (χ1) is 12.6. The fourth-order valence-electron chi connectivity index (χ4n) is 3.54. The quantitative estimate of drug-likeness (QED) is 0.578. The third kappa shape index (κ3) is 3.47. The number of hydrogen-bond acceptors (Lipinski definition) is 4. The third-order valence-corrected chi connectivity index (χ3v) is 4.98. The van der Waals surface area contributed by atoms with Crippen molar-refractivity contribution in [1.82, 2.24) is 0 Å². The van der Waals surface area contributed by atoms with Gasteiger partial charge < -0.3 is 9.47 Å². The van der Waals surface area contributed by atoms with Crippen molar-refractivity contribution in [1.29, 1.82) is 0 Å². The summed E-state index contributed by atoms with van der Waals surface area (Å²) in [6.45, 7) is -0.404. The zero-order valence-electron chi connectivity index (χ0n) is 14.7. The molecular formula is C21H21FO4. The monoisotopic (exact) mass is 356 g/mol. The van der Waals surface area contributed by atoms with Crippen LogP contribution in [0, 0.1) is 5.82 Å². The Morgan fingerprint density at radius 3 is 2.38 bits per heavy atom. The van der Waals surface area contributed by atoms with Gasteiger partial charge >= 0.3 is 5.97 Å². The molecule has 26 heavy (non-hydrogen) atoms. The summed E-state index contributed by atoms with van der Waals surface area (Å²) in [7, 11) is 1.35. The number of carbonyl (C=O) groups excluding carboxylic acids is 2. The summed E-state index contributed by atoms with van der Waals surface area (Å²) in [6, 6.07) is 13.5. The Kier molecular flexibility index (Phi) is 5.35. The summed E-state index contributed by atoms with van der Waals surface area (Å²) < 4.78 is 23.9. The molecule has 5 heteroatoms. The maximum Gasteiger partial charge on any atom is 0.317 e. The van der Waals surface area contributed by atoms with Crippen LogP contribution in [0.3, 0.4) is 0 Å². The molecule has 0 N–H and O–H groups in total. The number of halogens is 1. The lowest BCUT2D eigenvalue weighted by Gasteiger charge is -2.27. The first kappa shape index (κ1) is 18.1. The molecule has 0 spiro atoms. The maximum atomic E-state index is 13.8. The van der Waals surface area contributed by atoms with E-state index in [0.29, 0.717) is 12.8 Å². The molecule has 1 aliphatic carbocycles. The number of ketones is 1. The molecule has 1 saturated carbocycles. The van der Waals surface area contributed by atoms with E-state index in [2.05, 4.69) is 0 Å². The summed E-state index contributed by atoms with van der Waals surface area (Å²) in [5.41, 5.74) is 0.383. The molecule has 0 aromatic heterocycles. The van der Waals surface area contributed by atoms with Crippen molar-refractivity contribution in [2.75, 3.05) is 13.7 Å². The minimum absolute atomic E-state index is 0.0625. The standard InChI is InChI=1S/C21H21FO4/c1-25-19-10-9-15(13-17(19)22)18(23)14-26-20(24)21(11-5-6-12-21)16-7-3-2-4-8-16/h2-4,7-10,13H,5-6,11-12,14H2,1H3. The Labute approximate surface area is 151 Å². The number of Topliss-reactive ketones (excluding diaryl/α,β-unsaturated/α-hetero) is 1. The van der Waals surface area contributed by atoms with Crippen molar-refractivity contribution in [3.63, 3.8) is 0 Å². The minimum atomic E-state index is -0.688. The summed E-state index contributed by atoms with van der Waals surface area (Å²) in [4.78, 5) is 25.1. The zero-order valence-corrected chi connectivity index (χ0v) is 14.7. The first-order valence-electron chi connectivity index (χ1n) is 8.66. The average Bonchev–Trinajstić information content (AvgIpc) is 3.17. The Hall–Kier alpha value is -2.69. The predicted molar refractivity (Wildman–Crippen MR) is 94.8 cm³/mol. The van der Waals surface area contributed by atoms with E-state index < -0.39 is 23.6 Å². The van der Waals surface area contributed by atoms with Crippen molar-refractivity contribution in [2.24, 2.45) is 0 Å². The van der Waals surface area contributed by atoms with Crippen LogP contribution in [0.4, 0.5) is 4.39 Å². The van der Waals surface area contributed by atoms with Gasteiger partial charge in [0.25, 0.3) is 0 Å². The van der Waals surface area contributed by atoms with Crippen molar-refractivity contribution in [2.45, 2.75) is 31.1 Å². The molecule has 0 aliphatic heterocycles. The molecule has 0 unspecified atom stereocenters. The van der Waals surface area contributed by atoms with Gasteiger partial charge in [0, 0.05) is 5.56 Å². The van der Waals surface area contributed by atoms with E-state index in [-0.39, 0.29) is 17.3 Å². The molecule has 4 nitrogen and oxygen atoms in total. The van der Waals surface area contributed by atoms with Gasteiger partial charge in [-0.2, -0.15) is 0 Å². The number of ether oxygens (including phenoxy) is 2. The van der Waals surface area contributed by atoms with Crippen LogP contribution in [0.2, 0.25) is 0 Å². The molecule has 0 amide bonds. The van der Waals surface area contributed by atoms with Crippen LogP contribution < -0.4 is 4.74 Å². The third-order valence-electron chi connectivity index (χ3n) is 4.98. The number of esters is 1. The molecule has 0 heterocycles. The van der Waals surface area contributed by atoms with E-state index >= 15 is 0 Å². The second kappa shape index (κ2) is 7.68. The summed E-state index contributed by atoms with van der Waals surface area (Å²) >= 11 is 0. The fourth-order valence-corrected chi connectivity index (χ4v) is 3.54. The molecule has 136 valence electrons. The predicted octanol–water partition coefficient (Wildman–Crippen LogP) is 4.07. The fraction of sp³-hybridized carbons (Fsp3) is 0.333. The Bertz CT molecular complexity index is 795. The number of hydrogen-bond donors (Lipinski definition) is 0. The van der Waals surface area contributed by atoms with Crippen molar-refractivity contribution < 1.29 is 23.5 Å². The van der Waals surface area contributed by atoms with Crippen LogP contribution in [-0.2, 0) is 14.9 Å². The SMILES string of the molecule is COc1ccc(C(=O)COC(=O)C2(c3ccccc3)CCCC2)cc1F. The van der Waals surface area contributed by atoms with Crippen LogP contribution in [0.1, 0.15) is 41.6 Å². The van der Waals surface area contributed by atoms with Crippen LogP contribution in [0.15, 0.2) is 48.5 Å². The van der Waals surface area contributed by atoms with Gasteiger partial charge in [0.15, 0.2) is 24.0 Å². The molecule has 2 aromatic carbocycles. The number of rotatable bonds is 6. The van der Waals surface area contributed by atoms with Crippen LogP contribution in [-0.4, -0.2) is 25.5 Å². The van der Waals surface area contributed by atoms with Crippen molar-refractivity contribution in [3.8, 4) is 5.75 Å². The van der Waals surface area contributed by atoms with E-state index in [1.165, 1.54) is 19.2 Å². The van der Waals surface area contributed by atoms with Crippen LogP contribution in [0.25, 0.3) is 0 Å². The molecular weight excluding hydrogens is 335 g/mol. The lowest BCUT2D eigenvalue weighted by molar-refractivity contribution is -0.149. The minimum Gasteiger partial charge on any atom is -0.494 e. The second-order valence-corrected chi connectivity index (χ2v) is 6.50. The van der Waals surface area contributed by atoms with Crippen LogP contribution in [0.5, 0.6) is 5.75 Å². The molecule has 1 fully saturated rings. The Morgan fingerprint density at radius 2 is 1.77 bits per heavy atom. The summed E-state index contributed by atoms with van der Waals surface area (Å²) in [6.07, 6.45) is 3.31. The second-order valence-electron chi connectivity index (χ2n) is 6.50. The highest BCUT2D eigenvalue weighted by Crippen LogP contribution is 2.42. The van der Waals surface area contributed by atoms with Gasteiger partial charge in [-0.1, -0.05) is 43.2 Å². The average molecular weight is 356 g/mol. The van der Waals surface area contributed by atoms with E-state index in [4.69, 9.17) is 9.47 Å². The lowest BCUT2D eigenvalue weighted by Crippen LogP contribution is -2.35. The van der Waals surface area contributed by atoms with Crippen LogP contribution >= 0.6 is 0 Å². The van der Waals surface area contributed by atoms with Gasteiger partial charge in [-0.25, -0.2) is 4.39 Å². The Balaban J connectivity index is 1.71. The highest BCUT2D eigenvalue weighted by molar-refractivity contribution is 5.98. The van der Waals surface area contributed by atoms with E-state index in [1.54, 1.807) is 0 Å². The molecule has 3 rings (SSSR count). The largest absolute Gasteiger partial charge is 0.494 e.